The summed E-state index contributed by atoms with van der Waals surface area (Å²) in [5.41, 5.74) is 7.79. The van der Waals surface area contributed by atoms with E-state index >= 15 is 0 Å². The topological polar surface area (TPSA) is 66.6 Å². The molecule has 2 heterocycles. The normalized spacial score (nSPS) is 24.8. The minimum Gasteiger partial charge on any atom is -0.351 e. The highest BCUT2D eigenvalue weighted by molar-refractivity contribution is 5.81. The highest BCUT2D eigenvalue weighted by Crippen LogP contribution is 2.35. The molecular formula is C16H21N3O2. The Balaban J connectivity index is 1.73. The van der Waals surface area contributed by atoms with Gasteiger partial charge in [0.1, 0.15) is 0 Å². The van der Waals surface area contributed by atoms with Gasteiger partial charge in [0.25, 0.3) is 0 Å². The lowest BCUT2D eigenvalue weighted by Crippen LogP contribution is -2.47. The monoisotopic (exact) mass is 287 g/mol. The van der Waals surface area contributed by atoms with Crippen molar-refractivity contribution in [2.45, 2.75) is 32.4 Å². The molecule has 0 aliphatic carbocycles. The molecule has 0 spiro atoms. The maximum atomic E-state index is 12.8. The highest BCUT2D eigenvalue weighted by Gasteiger charge is 2.36. The van der Waals surface area contributed by atoms with Crippen molar-refractivity contribution in [3.63, 3.8) is 0 Å². The van der Waals surface area contributed by atoms with Gasteiger partial charge in [0.05, 0.1) is 12.0 Å². The van der Waals surface area contributed by atoms with Crippen molar-refractivity contribution in [1.29, 1.82) is 0 Å². The molecule has 0 aromatic heterocycles. The number of likely N-dealkylation sites (tertiary alicyclic amines) is 1. The van der Waals surface area contributed by atoms with E-state index in [1.807, 2.05) is 17.0 Å². The number of urea groups is 1. The first-order valence-electron chi connectivity index (χ1n) is 7.50. The number of amides is 3. The van der Waals surface area contributed by atoms with Gasteiger partial charge in [-0.05, 0) is 30.9 Å². The van der Waals surface area contributed by atoms with Crippen LogP contribution in [0.3, 0.4) is 0 Å². The molecule has 1 aromatic rings. The molecule has 0 saturated carbocycles. The predicted octanol–water partition coefficient (Wildman–Crippen LogP) is 1.88. The standard InChI is InChI=1S/C16H21N3O2/c1-11-14-7-3-2-5-12(14)10-19(11)15(20)13-6-4-8-18(9-13)16(17)21/h2-3,5,7,11,13H,4,6,8-10H2,1H3,(H2,17,21). The van der Waals surface area contributed by atoms with Crippen LogP contribution in [0.25, 0.3) is 0 Å². The van der Waals surface area contributed by atoms with E-state index < -0.39 is 6.03 Å². The van der Waals surface area contributed by atoms with Crippen molar-refractivity contribution in [2.24, 2.45) is 11.7 Å². The molecule has 21 heavy (non-hydrogen) atoms. The average molecular weight is 287 g/mol. The highest BCUT2D eigenvalue weighted by atomic mass is 16.2. The molecule has 112 valence electrons. The van der Waals surface area contributed by atoms with E-state index in [1.54, 1.807) is 4.90 Å². The first kappa shape index (κ1) is 13.9. The minimum absolute atomic E-state index is 0.109. The number of nitrogens with two attached hydrogens (primary N) is 1. The summed E-state index contributed by atoms with van der Waals surface area (Å²) in [6.07, 6.45) is 1.68. The van der Waals surface area contributed by atoms with Crippen molar-refractivity contribution >= 4 is 11.9 Å². The second-order valence-corrected chi connectivity index (χ2v) is 5.96. The fraction of sp³-hybridized carbons (Fsp3) is 0.500. The number of hydrogen-bond donors (Lipinski definition) is 1. The van der Waals surface area contributed by atoms with Gasteiger partial charge in [-0.3, -0.25) is 4.79 Å². The van der Waals surface area contributed by atoms with Crippen molar-refractivity contribution < 1.29 is 9.59 Å². The van der Waals surface area contributed by atoms with Crippen LogP contribution in [0.5, 0.6) is 0 Å². The molecule has 5 nitrogen and oxygen atoms in total. The lowest BCUT2D eigenvalue weighted by molar-refractivity contribution is -0.139. The molecule has 1 fully saturated rings. The summed E-state index contributed by atoms with van der Waals surface area (Å²) in [4.78, 5) is 27.6. The van der Waals surface area contributed by atoms with Crippen LogP contribution < -0.4 is 5.73 Å². The van der Waals surface area contributed by atoms with Gasteiger partial charge in [0.15, 0.2) is 0 Å². The molecule has 1 aromatic carbocycles. The fourth-order valence-corrected chi connectivity index (χ4v) is 3.46. The smallest absolute Gasteiger partial charge is 0.314 e. The van der Waals surface area contributed by atoms with Crippen LogP contribution in [0.4, 0.5) is 4.79 Å². The molecule has 1 saturated heterocycles. The number of fused-ring (bicyclic) bond motifs is 1. The van der Waals surface area contributed by atoms with E-state index in [0.717, 1.165) is 12.8 Å². The number of carbonyl (C=O) groups is 2. The zero-order chi connectivity index (χ0) is 15.0. The number of benzene rings is 1. The molecule has 2 N–H and O–H groups in total. The van der Waals surface area contributed by atoms with E-state index in [0.29, 0.717) is 19.6 Å². The summed E-state index contributed by atoms with van der Waals surface area (Å²) < 4.78 is 0. The van der Waals surface area contributed by atoms with Crippen molar-refractivity contribution in [2.75, 3.05) is 13.1 Å². The summed E-state index contributed by atoms with van der Waals surface area (Å²) >= 11 is 0. The van der Waals surface area contributed by atoms with E-state index in [4.69, 9.17) is 5.73 Å². The third-order valence-corrected chi connectivity index (χ3v) is 4.68. The van der Waals surface area contributed by atoms with Crippen molar-refractivity contribution in [3.8, 4) is 0 Å². The van der Waals surface area contributed by atoms with Crippen LogP contribution in [-0.4, -0.2) is 34.8 Å². The van der Waals surface area contributed by atoms with Crippen LogP contribution >= 0.6 is 0 Å². The third-order valence-electron chi connectivity index (χ3n) is 4.68. The van der Waals surface area contributed by atoms with E-state index in [-0.39, 0.29) is 17.9 Å². The van der Waals surface area contributed by atoms with Crippen LogP contribution in [0, 0.1) is 5.92 Å². The molecule has 3 rings (SSSR count). The Morgan fingerprint density at radius 2 is 2.05 bits per heavy atom. The Labute approximate surface area is 124 Å². The summed E-state index contributed by atoms with van der Waals surface area (Å²) in [6, 6.07) is 7.87. The summed E-state index contributed by atoms with van der Waals surface area (Å²) in [7, 11) is 0. The molecular weight excluding hydrogens is 266 g/mol. The van der Waals surface area contributed by atoms with E-state index in [1.165, 1.54) is 11.1 Å². The third kappa shape index (κ3) is 2.48. The summed E-state index contributed by atoms with van der Waals surface area (Å²) in [5.74, 6) is 0.0210. The average Bonchev–Trinajstić information content (AvgIpc) is 2.84. The molecule has 2 aliphatic heterocycles. The van der Waals surface area contributed by atoms with Crippen LogP contribution in [0.15, 0.2) is 24.3 Å². The molecule has 3 amide bonds. The zero-order valence-electron chi connectivity index (χ0n) is 12.3. The van der Waals surface area contributed by atoms with Crippen LogP contribution in [0.1, 0.15) is 36.9 Å². The molecule has 2 atom stereocenters. The van der Waals surface area contributed by atoms with Crippen molar-refractivity contribution in [3.05, 3.63) is 35.4 Å². The van der Waals surface area contributed by atoms with Gasteiger partial charge in [-0.1, -0.05) is 24.3 Å². The van der Waals surface area contributed by atoms with Gasteiger partial charge in [-0.25, -0.2) is 4.79 Å². The Morgan fingerprint density at radius 3 is 2.76 bits per heavy atom. The Morgan fingerprint density at radius 1 is 1.29 bits per heavy atom. The molecule has 2 aliphatic rings. The van der Waals surface area contributed by atoms with Gasteiger partial charge in [0.2, 0.25) is 5.91 Å². The Bertz CT molecular complexity index is 572. The first-order valence-corrected chi connectivity index (χ1v) is 7.50. The molecule has 0 bridgehead atoms. The lowest BCUT2D eigenvalue weighted by Gasteiger charge is -2.34. The van der Waals surface area contributed by atoms with E-state index in [9.17, 15) is 9.59 Å². The van der Waals surface area contributed by atoms with Gasteiger partial charge >= 0.3 is 6.03 Å². The maximum absolute atomic E-state index is 12.8. The Hall–Kier alpha value is -2.04. The quantitative estimate of drug-likeness (QED) is 0.857. The number of primary amides is 1. The number of carbonyl (C=O) groups excluding carboxylic acids is 2. The van der Waals surface area contributed by atoms with Gasteiger partial charge in [-0.2, -0.15) is 0 Å². The number of nitrogens with zero attached hydrogens (tertiary/aromatic N) is 2. The maximum Gasteiger partial charge on any atom is 0.314 e. The second-order valence-electron chi connectivity index (χ2n) is 5.96. The minimum atomic E-state index is -0.426. The predicted molar refractivity (Wildman–Crippen MR) is 79.3 cm³/mol. The lowest BCUT2D eigenvalue weighted by atomic mass is 9.96. The van der Waals surface area contributed by atoms with Gasteiger partial charge in [0, 0.05) is 19.6 Å². The summed E-state index contributed by atoms with van der Waals surface area (Å²) in [6.45, 7) is 3.85. The van der Waals surface area contributed by atoms with Gasteiger partial charge < -0.3 is 15.5 Å². The Kier molecular flexibility index (Phi) is 3.57. The molecule has 2 unspecified atom stereocenters. The SMILES string of the molecule is CC1c2ccccc2CN1C(=O)C1CCCN(C(N)=O)C1. The van der Waals surface area contributed by atoms with Crippen molar-refractivity contribution in [1.82, 2.24) is 9.80 Å². The van der Waals surface area contributed by atoms with Gasteiger partial charge in [-0.15, -0.1) is 0 Å². The zero-order valence-corrected chi connectivity index (χ0v) is 12.3. The first-order chi connectivity index (χ1) is 10.1. The number of piperidine rings is 1. The second kappa shape index (κ2) is 5.39. The number of hydrogen-bond acceptors (Lipinski definition) is 2. The number of rotatable bonds is 1. The fourth-order valence-electron chi connectivity index (χ4n) is 3.46. The van der Waals surface area contributed by atoms with Crippen LogP contribution in [-0.2, 0) is 11.3 Å². The largest absolute Gasteiger partial charge is 0.351 e. The van der Waals surface area contributed by atoms with E-state index in [2.05, 4.69) is 19.1 Å². The van der Waals surface area contributed by atoms with Crippen LogP contribution in [0.2, 0.25) is 0 Å². The summed E-state index contributed by atoms with van der Waals surface area (Å²) in [5, 5.41) is 0. The molecule has 0 radical (unpaired) electrons. The molecule has 5 heteroatoms.